The molecule has 0 unspecified atom stereocenters. The molecular formula is C10H20N2O3. The van der Waals surface area contributed by atoms with Gasteiger partial charge in [0.1, 0.15) is 0 Å². The highest BCUT2D eigenvalue weighted by Crippen LogP contribution is 2.19. The molecular weight excluding hydrogens is 196 g/mol. The number of rotatable bonds is 4. The highest BCUT2D eigenvalue weighted by Gasteiger charge is 2.18. The van der Waals surface area contributed by atoms with Crippen LogP contribution >= 0.6 is 0 Å². The second-order valence-electron chi connectivity index (χ2n) is 3.83. The van der Waals surface area contributed by atoms with Crippen molar-refractivity contribution in [2.24, 2.45) is 5.73 Å². The smallest absolute Gasteiger partial charge is 0.406 e. The summed E-state index contributed by atoms with van der Waals surface area (Å²) < 4.78 is 10.0. The van der Waals surface area contributed by atoms with E-state index in [4.69, 9.17) is 10.5 Å². The predicted octanol–water partition coefficient (Wildman–Crippen LogP) is 0.629. The van der Waals surface area contributed by atoms with Gasteiger partial charge in [-0.15, -0.1) is 0 Å². The normalized spacial score (nSPS) is 26.0. The first-order chi connectivity index (χ1) is 7.22. The molecule has 0 atom stereocenters. The molecule has 0 heterocycles. The van der Waals surface area contributed by atoms with Crippen LogP contribution in [0.15, 0.2) is 0 Å². The molecule has 1 saturated carbocycles. The van der Waals surface area contributed by atoms with Crippen molar-refractivity contribution in [1.82, 2.24) is 5.32 Å². The van der Waals surface area contributed by atoms with Crippen molar-refractivity contribution in [2.45, 2.75) is 37.8 Å². The first kappa shape index (κ1) is 12.3. The minimum atomic E-state index is -0.413. The first-order valence-corrected chi connectivity index (χ1v) is 5.41. The molecule has 1 aliphatic rings. The Labute approximate surface area is 90.3 Å². The van der Waals surface area contributed by atoms with E-state index in [1.165, 1.54) is 7.11 Å². The molecule has 5 heteroatoms. The fourth-order valence-electron chi connectivity index (χ4n) is 1.71. The second kappa shape index (κ2) is 6.63. The summed E-state index contributed by atoms with van der Waals surface area (Å²) in [4.78, 5) is 10.7. The lowest BCUT2D eigenvalue weighted by molar-refractivity contribution is 0.0269. The van der Waals surface area contributed by atoms with Crippen LogP contribution in [-0.4, -0.2) is 38.5 Å². The van der Waals surface area contributed by atoms with Crippen LogP contribution in [0.3, 0.4) is 0 Å². The topological polar surface area (TPSA) is 73.6 Å². The highest BCUT2D eigenvalue weighted by atomic mass is 16.5. The van der Waals surface area contributed by atoms with Crippen LogP contribution in [0.2, 0.25) is 0 Å². The van der Waals surface area contributed by atoms with Gasteiger partial charge in [0, 0.05) is 12.6 Å². The third-order valence-corrected chi connectivity index (χ3v) is 2.63. The van der Waals surface area contributed by atoms with Crippen LogP contribution in [-0.2, 0) is 9.47 Å². The van der Waals surface area contributed by atoms with E-state index < -0.39 is 6.09 Å². The Balaban J connectivity index is 1.98. The molecule has 1 fully saturated rings. The molecule has 15 heavy (non-hydrogen) atoms. The predicted molar refractivity (Wildman–Crippen MR) is 56.6 cm³/mol. The Morgan fingerprint density at radius 3 is 2.67 bits per heavy atom. The van der Waals surface area contributed by atoms with Crippen LogP contribution in [0.4, 0.5) is 4.79 Å². The molecule has 0 aliphatic heterocycles. The summed E-state index contributed by atoms with van der Waals surface area (Å²) in [5, 5.41) is 2.57. The SMILES string of the molecule is COC(=O)NCCOC1CCC(N)CC1. The molecule has 1 rings (SSSR count). The van der Waals surface area contributed by atoms with Gasteiger partial charge in [0.25, 0.3) is 0 Å². The molecule has 5 nitrogen and oxygen atoms in total. The van der Waals surface area contributed by atoms with Gasteiger partial charge in [-0.2, -0.15) is 0 Å². The Morgan fingerprint density at radius 2 is 2.07 bits per heavy atom. The van der Waals surface area contributed by atoms with Crippen molar-refractivity contribution in [3.8, 4) is 0 Å². The minimum Gasteiger partial charge on any atom is -0.453 e. The van der Waals surface area contributed by atoms with E-state index in [-0.39, 0.29) is 0 Å². The van der Waals surface area contributed by atoms with Crippen molar-refractivity contribution < 1.29 is 14.3 Å². The van der Waals surface area contributed by atoms with Gasteiger partial charge in [-0.25, -0.2) is 4.79 Å². The Morgan fingerprint density at radius 1 is 1.40 bits per heavy atom. The van der Waals surface area contributed by atoms with Crippen molar-refractivity contribution in [3.05, 3.63) is 0 Å². The van der Waals surface area contributed by atoms with Crippen molar-refractivity contribution >= 4 is 6.09 Å². The summed E-state index contributed by atoms with van der Waals surface area (Å²) in [6.45, 7) is 1.03. The fourth-order valence-corrected chi connectivity index (χ4v) is 1.71. The lowest BCUT2D eigenvalue weighted by Gasteiger charge is -2.26. The number of alkyl carbamates (subject to hydrolysis) is 1. The van der Waals surface area contributed by atoms with Crippen molar-refractivity contribution in [3.63, 3.8) is 0 Å². The molecule has 0 saturated heterocycles. The third-order valence-electron chi connectivity index (χ3n) is 2.63. The van der Waals surface area contributed by atoms with E-state index in [1.54, 1.807) is 0 Å². The van der Waals surface area contributed by atoms with Gasteiger partial charge in [0.05, 0.1) is 19.8 Å². The molecule has 88 valence electrons. The lowest BCUT2D eigenvalue weighted by atomic mass is 9.94. The molecule has 0 radical (unpaired) electrons. The van der Waals surface area contributed by atoms with E-state index in [0.717, 1.165) is 25.7 Å². The van der Waals surface area contributed by atoms with Gasteiger partial charge < -0.3 is 20.5 Å². The number of hydrogen-bond donors (Lipinski definition) is 2. The fraction of sp³-hybridized carbons (Fsp3) is 0.900. The molecule has 0 bridgehead atoms. The van der Waals surface area contributed by atoms with E-state index in [9.17, 15) is 4.79 Å². The van der Waals surface area contributed by atoms with Crippen LogP contribution < -0.4 is 11.1 Å². The van der Waals surface area contributed by atoms with E-state index in [1.807, 2.05) is 0 Å². The van der Waals surface area contributed by atoms with Gasteiger partial charge in [-0.05, 0) is 25.7 Å². The maximum Gasteiger partial charge on any atom is 0.406 e. The zero-order chi connectivity index (χ0) is 11.1. The number of carbonyl (C=O) groups excluding carboxylic acids is 1. The molecule has 1 amide bonds. The summed E-state index contributed by atoms with van der Waals surface area (Å²) in [5.74, 6) is 0. The number of ether oxygens (including phenoxy) is 2. The van der Waals surface area contributed by atoms with Crippen LogP contribution in [0.5, 0.6) is 0 Å². The standard InChI is InChI=1S/C10H20N2O3/c1-14-10(13)12-6-7-15-9-4-2-8(11)3-5-9/h8-9H,2-7,11H2,1H3,(H,12,13). The lowest BCUT2D eigenvalue weighted by Crippen LogP contribution is -2.32. The van der Waals surface area contributed by atoms with Gasteiger partial charge in [-0.3, -0.25) is 0 Å². The summed E-state index contributed by atoms with van der Waals surface area (Å²) in [5.41, 5.74) is 5.78. The van der Waals surface area contributed by atoms with Gasteiger partial charge >= 0.3 is 6.09 Å². The number of amides is 1. The Hall–Kier alpha value is -0.810. The average Bonchev–Trinajstić information content (AvgIpc) is 2.26. The highest BCUT2D eigenvalue weighted by molar-refractivity contribution is 5.66. The maximum absolute atomic E-state index is 10.7. The summed E-state index contributed by atoms with van der Waals surface area (Å²) in [6.07, 6.45) is 4.02. The molecule has 1 aliphatic carbocycles. The quantitative estimate of drug-likeness (QED) is 0.676. The number of carbonyl (C=O) groups is 1. The van der Waals surface area contributed by atoms with Crippen LogP contribution in [0.1, 0.15) is 25.7 Å². The van der Waals surface area contributed by atoms with Crippen molar-refractivity contribution in [1.29, 1.82) is 0 Å². The average molecular weight is 216 g/mol. The summed E-state index contributed by atoms with van der Waals surface area (Å²) in [7, 11) is 1.35. The molecule has 0 spiro atoms. The zero-order valence-electron chi connectivity index (χ0n) is 9.20. The number of hydrogen-bond acceptors (Lipinski definition) is 4. The number of nitrogens with two attached hydrogens (primary N) is 1. The molecule has 0 aromatic rings. The maximum atomic E-state index is 10.7. The zero-order valence-corrected chi connectivity index (χ0v) is 9.20. The molecule has 0 aromatic heterocycles. The third kappa shape index (κ3) is 4.99. The Kier molecular flexibility index (Phi) is 5.42. The molecule has 0 aromatic carbocycles. The van der Waals surface area contributed by atoms with Gasteiger partial charge in [0.2, 0.25) is 0 Å². The van der Waals surface area contributed by atoms with E-state index in [2.05, 4.69) is 10.1 Å². The van der Waals surface area contributed by atoms with Crippen molar-refractivity contribution in [2.75, 3.05) is 20.3 Å². The number of methoxy groups -OCH3 is 1. The van der Waals surface area contributed by atoms with Gasteiger partial charge in [-0.1, -0.05) is 0 Å². The first-order valence-electron chi connectivity index (χ1n) is 5.41. The van der Waals surface area contributed by atoms with Crippen LogP contribution in [0, 0.1) is 0 Å². The monoisotopic (exact) mass is 216 g/mol. The largest absolute Gasteiger partial charge is 0.453 e. The number of nitrogens with one attached hydrogen (secondary N) is 1. The minimum absolute atomic E-state index is 0.309. The second-order valence-corrected chi connectivity index (χ2v) is 3.83. The molecule has 3 N–H and O–H groups in total. The Bertz CT molecular complexity index is 191. The summed E-state index contributed by atoms with van der Waals surface area (Å²) in [6, 6.07) is 0.345. The van der Waals surface area contributed by atoms with E-state index >= 15 is 0 Å². The van der Waals surface area contributed by atoms with Crippen LogP contribution in [0.25, 0.3) is 0 Å². The summed E-state index contributed by atoms with van der Waals surface area (Å²) >= 11 is 0. The van der Waals surface area contributed by atoms with E-state index in [0.29, 0.717) is 25.3 Å². The van der Waals surface area contributed by atoms with Gasteiger partial charge in [0.15, 0.2) is 0 Å².